The molecule has 0 aliphatic carbocycles. The van der Waals surface area contributed by atoms with Crippen molar-refractivity contribution in [1.29, 1.82) is 0 Å². The lowest BCUT2D eigenvalue weighted by atomic mass is 10.1. The van der Waals surface area contributed by atoms with Gasteiger partial charge in [0.15, 0.2) is 0 Å². The van der Waals surface area contributed by atoms with Gasteiger partial charge in [-0.2, -0.15) is 0 Å². The van der Waals surface area contributed by atoms with Gasteiger partial charge in [0.1, 0.15) is 0 Å². The SMILES string of the molecule is CC.CC.CN(C)C1CCNCC1. The highest BCUT2D eigenvalue weighted by molar-refractivity contribution is 4.73. The molecule has 0 amide bonds. The molecule has 82 valence electrons. The minimum atomic E-state index is 0.825. The Bertz CT molecular complexity index is 76.2. The first-order valence-electron chi connectivity index (χ1n) is 5.68. The molecule has 0 bridgehead atoms. The van der Waals surface area contributed by atoms with E-state index in [1.54, 1.807) is 0 Å². The summed E-state index contributed by atoms with van der Waals surface area (Å²) >= 11 is 0. The first-order valence-corrected chi connectivity index (χ1v) is 5.68. The molecular weight excluding hydrogens is 160 g/mol. The molecule has 0 unspecified atom stereocenters. The molecule has 0 radical (unpaired) electrons. The first-order chi connectivity index (χ1) is 6.30. The third-order valence-corrected chi connectivity index (χ3v) is 2.04. The van der Waals surface area contributed by atoms with Gasteiger partial charge in [-0.15, -0.1) is 0 Å². The second kappa shape index (κ2) is 11.9. The highest BCUT2D eigenvalue weighted by Gasteiger charge is 2.13. The Kier molecular flexibility index (Phi) is 14.1. The Balaban J connectivity index is 0. The Hall–Kier alpha value is -0.0800. The smallest absolute Gasteiger partial charge is 0.0113 e. The van der Waals surface area contributed by atoms with Crippen molar-refractivity contribution in [2.75, 3.05) is 27.2 Å². The van der Waals surface area contributed by atoms with Crippen LogP contribution < -0.4 is 5.32 Å². The Morgan fingerprint density at radius 3 is 1.54 bits per heavy atom. The third-order valence-electron chi connectivity index (χ3n) is 2.04. The summed E-state index contributed by atoms with van der Waals surface area (Å²) in [6.07, 6.45) is 2.62. The maximum Gasteiger partial charge on any atom is 0.0113 e. The van der Waals surface area contributed by atoms with Crippen molar-refractivity contribution in [3.8, 4) is 0 Å². The van der Waals surface area contributed by atoms with E-state index in [9.17, 15) is 0 Å². The number of nitrogens with one attached hydrogen (secondary N) is 1. The van der Waals surface area contributed by atoms with Crippen LogP contribution in [0.2, 0.25) is 0 Å². The molecule has 1 fully saturated rings. The molecule has 0 aromatic carbocycles. The summed E-state index contributed by atoms with van der Waals surface area (Å²) in [6, 6.07) is 0.825. The van der Waals surface area contributed by atoms with Crippen molar-refractivity contribution in [3.05, 3.63) is 0 Å². The average Bonchev–Trinajstić information content (AvgIpc) is 2.25. The van der Waals surface area contributed by atoms with E-state index in [4.69, 9.17) is 0 Å². The maximum absolute atomic E-state index is 3.34. The molecule has 1 rings (SSSR count). The molecular formula is C11H28N2. The molecule has 1 N–H and O–H groups in total. The molecule has 0 aromatic rings. The number of nitrogens with zero attached hydrogens (tertiary/aromatic N) is 1. The zero-order chi connectivity index (χ0) is 10.7. The summed E-state index contributed by atoms with van der Waals surface area (Å²) < 4.78 is 0. The average molecular weight is 188 g/mol. The second-order valence-corrected chi connectivity index (χ2v) is 2.94. The molecule has 1 aliphatic heterocycles. The van der Waals surface area contributed by atoms with E-state index >= 15 is 0 Å². The molecule has 2 heteroatoms. The van der Waals surface area contributed by atoms with E-state index < -0.39 is 0 Å². The predicted octanol–water partition coefficient (Wildman–Crippen LogP) is 2.35. The van der Waals surface area contributed by atoms with Crippen LogP contribution in [0.4, 0.5) is 0 Å². The van der Waals surface area contributed by atoms with Gasteiger partial charge in [-0.25, -0.2) is 0 Å². The van der Waals surface area contributed by atoms with Crippen molar-refractivity contribution < 1.29 is 0 Å². The third kappa shape index (κ3) is 8.26. The van der Waals surface area contributed by atoms with Crippen molar-refractivity contribution in [2.24, 2.45) is 0 Å². The number of hydrogen-bond donors (Lipinski definition) is 1. The van der Waals surface area contributed by atoms with Crippen LogP contribution in [-0.2, 0) is 0 Å². The van der Waals surface area contributed by atoms with Crippen LogP contribution in [0.15, 0.2) is 0 Å². The van der Waals surface area contributed by atoms with Gasteiger partial charge in [-0.05, 0) is 40.0 Å². The number of rotatable bonds is 1. The zero-order valence-corrected chi connectivity index (χ0v) is 10.4. The highest BCUT2D eigenvalue weighted by atomic mass is 15.1. The Morgan fingerprint density at radius 2 is 1.31 bits per heavy atom. The van der Waals surface area contributed by atoms with Crippen LogP contribution in [0.3, 0.4) is 0 Å². The van der Waals surface area contributed by atoms with Crippen LogP contribution >= 0.6 is 0 Å². The van der Waals surface area contributed by atoms with Crippen LogP contribution in [0.5, 0.6) is 0 Å². The summed E-state index contributed by atoms with van der Waals surface area (Å²) in [7, 11) is 4.33. The summed E-state index contributed by atoms with van der Waals surface area (Å²) in [5, 5.41) is 3.34. The lowest BCUT2D eigenvalue weighted by Crippen LogP contribution is -2.39. The molecule has 0 spiro atoms. The van der Waals surface area contributed by atoms with E-state index in [0.717, 1.165) is 6.04 Å². The molecule has 13 heavy (non-hydrogen) atoms. The molecule has 0 atom stereocenters. The molecule has 0 aromatic heterocycles. The van der Waals surface area contributed by atoms with Gasteiger partial charge in [-0.3, -0.25) is 0 Å². The first kappa shape index (κ1) is 15.4. The van der Waals surface area contributed by atoms with Gasteiger partial charge in [0.05, 0.1) is 0 Å². The van der Waals surface area contributed by atoms with E-state index in [2.05, 4.69) is 24.3 Å². The van der Waals surface area contributed by atoms with E-state index in [-0.39, 0.29) is 0 Å². The minimum absolute atomic E-state index is 0.825. The summed E-state index contributed by atoms with van der Waals surface area (Å²) in [5.41, 5.74) is 0. The van der Waals surface area contributed by atoms with Crippen LogP contribution in [-0.4, -0.2) is 38.1 Å². The summed E-state index contributed by atoms with van der Waals surface area (Å²) in [6.45, 7) is 10.4. The van der Waals surface area contributed by atoms with Crippen LogP contribution in [0.25, 0.3) is 0 Å². The van der Waals surface area contributed by atoms with Crippen molar-refractivity contribution >= 4 is 0 Å². The number of piperidine rings is 1. The largest absolute Gasteiger partial charge is 0.317 e. The lowest BCUT2D eigenvalue weighted by Gasteiger charge is -2.28. The van der Waals surface area contributed by atoms with E-state index in [0.29, 0.717) is 0 Å². The fourth-order valence-electron chi connectivity index (χ4n) is 1.32. The summed E-state index contributed by atoms with van der Waals surface area (Å²) in [5.74, 6) is 0. The molecule has 2 nitrogen and oxygen atoms in total. The van der Waals surface area contributed by atoms with E-state index in [1.807, 2.05) is 27.7 Å². The topological polar surface area (TPSA) is 15.3 Å². The second-order valence-electron chi connectivity index (χ2n) is 2.94. The molecule has 1 saturated heterocycles. The molecule has 1 heterocycles. The predicted molar refractivity (Wildman–Crippen MR) is 62.3 cm³/mol. The Labute approximate surface area is 84.7 Å². The summed E-state index contributed by atoms with van der Waals surface area (Å²) in [4.78, 5) is 2.32. The normalized spacial score (nSPS) is 16.8. The quantitative estimate of drug-likeness (QED) is 0.679. The van der Waals surface area contributed by atoms with Crippen LogP contribution in [0.1, 0.15) is 40.5 Å². The van der Waals surface area contributed by atoms with Gasteiger partial charge in [-0.1, -0.05) is 27.7 Å². The molecule has 1 aliphatic rings. The lowest BCUT2D eigenvalue weighted by molar-refractivity contribution is 0.238. The van der Waals surface area contributed by atoms with Gasteiger partial charge in [0.2, 0.25) is 0 Å². The fraction of sp³-hybridized carbons (Fsp3) is 1.00. The Morgan fingerprint density at radius 1 is 0.923 bits per heavy atom. The van der Waals surface area contributed by atoms with E-state index in [1.165, 1.54) is 25.9 Å². The fourth-order valence-corrected chi connectivity index (χ4v) is 1.32. The van der Waals surface area contributed by atoms with Gasteiger partial charge in [0.25, 0.3) is 0 Å². The zero-order valence-electron chi connectivity index (χ0n) is 10.4. The minimum Gasteiger partial charge on any atom is -0.317 e. The maximum atomic E-state index is 3.34. The number of hydrogen-bond acceptors (Lipinski definition) is 2. The van der Waals surface area contributed by atoms with Gasteiger partial charge in [0, 0.05) is 6.04 Å². The van der Waals surface area contributed by atoms with Crippen molar-refractivity contribution in [2.45, 2.75) is 46.6 Å². The molecule has 0 saturated carbocycles. The monoisotopic (exact) mass is 188 g/mol. The highest BCUT2D eigenvalue weighted by Crippen LogP contribution is 2.06. The van der Waals surface area contributed by atoms with Gasteiger partial charge >= 0.3 is 0 Å². The van der Waals surface area contributed by atoms with Crippen molar-refractivity contribution in [1.82, 2.24) is 10.2 Å². The van der Waals surface area contributed by atoms with Gasteiger partial charge < -0.3 is 10.2 Å². The standard InChI is InChI=1S/C7H16N2.2C2H6/c1-9(2)7-3-5-8-6-4-7;2*1-2/h7-8H,3-6H2,1-2H3;2*1-2H3. The van der Waals surface area contributed by atoms with Crippen LogP contribution in [0, 0.1) is 0 Å². The van der Waals surface area contributed by atoms with Crippen molar-refractivity contribution in [3.63, 3.8) is 0 Å².